The lowest BCUT2D eigenvalue weighted by atomic mass is 10.2. The normalized spacial score (nSPS) is 10.6. The van der Waals surface area contributed by atoms with Crippen LogP contribution >= 0.6 is 0 Å². The van der Waals surface area contributed by atoms with Crippen LogP contribution in [0.3, 0.4) is 0 Å². The first-order valence-corrected chi connectivity index (χ1v) is 6.80. The lowest BCUT2D eigenvalue weighted by Crippen LogP contribution is -2.12. The van der Waals surface area contributed by atoms with Gasteiger partial charge in [0.1, 0.15) is 5.75 Å². The fourth-order valence-corrected chi connectivity index (χ4v) is 2.13. The van der Waals surface area contributed by atoms with Gasteiger partial charge in [0.25, 0.3) is 0 Å². The van der Waals surface area contributed by atoms with E-state index in [0.717, 1.165) is 25.4 Å². The molecule has 102 valence electrons. The van der Waals surface area contributed by atoms with Gasteiger partial charge >= 0.3 is 0 Å². The molecule has 0 unspecified atom stereocenters. The van der Waals surface area contributed by atoms with Crippen LogP contribution < -0.4 is 10.1 Å². The summed E-state index contributed by atoms with van der Waals surface area (Å²) in [6.45, 7) is 5.04. The molecule has 0 bridgehead atoms. The molecule has 0 saturated carbocycles. The summed E-state index contributed by atoms with van der Waals surface area (Å²) in [7, 11) is 1.70. The zero-order chi connectivity index (χ0) is 13.5. The third-order valence-electron chi connectivity index (χ3n) is 3.09. The molecule has 0 aliphatic heterocycles. The van der Waals surface area contributed by atoms with E-state index in [2.05, 4.69) is 47.4 Å². The number of methoxy groups -OCH3 is 1. The Kier molecular flexibility index (Phi) is 5.04. The third-order valence-corrected chi connectivity index (χ3v) is 3.09. The van der Waals surface area contributed by atoms with Crippen molar-refractivity contribution in [3.63, 3.8) is 0 Å². The van der Waals surface area contributed by atoms with E-state index in [0.29, 0.717) is 0 Å². The van der Waals surface area contributed by atoms with E-state index in [1.165, 1.54) is 17.5 Å². The van der Waals surface area contributed by atoms with Crippen molar-refractivity contribution in [2.45, 2.75) is 33.0 Å². The molecule has 3 heteroatoms. The van der Waals surface area contributed by atoms with Gasteiger partial charge in [-0.25, -0.2) is 0 Å². The van der Waals surface area contributed by atoms with Crippen molar-refractivity contribution in [3.8, 4) is 5.75 Å². The lowest BCUT2D eigenvalue weighted by molar-refractivity contribution is 0.414. The molecule has 1 aromatic heterocycles. The Bertz CT molecular complexity index is 505. The largest absolute Gasteiger partial charge is 0.497 e. The summed E-state index contributed by atoms with van der Waals surface area (Å²) in [5, 5.41) is 3.46. The monoisotopic (exact) mass is 258 g/mol. The van der Waals surface area contributed by atoms with E-state index >= 15 is 0 Å². The van der Waals surface area contributed by atoms with Crippen LogP contribution in [0.2, 0.25) is 0 Å². The summed E-state index contributed by atoms with van der Waals surface area (Å²) < 4.78 is 7.46. The van der Waals surface area contributed by atoms with Crippen molar-refractivity contribution in [2.75, 3.05) is 7.11 Å². The summed E-state index contributed by atoms with van der Waals surface area (Å²) in [5.74, 6) is 0.911. The van der Waals surface area contributed by atoms with E-state index in [1.807, 2.05) is 12.1 Å². The van der Waals surface area contributed by atoms with Crippen LogP contribution in [0.5, 0.6) is 5.75 Å². The Morgan fingerprint density at radius 2 is 2.00 bits per heavy atom. The highest BCUT2D eigenvalue weighted by Gasteiger charge is 1.98. The highest BCUT2D eigenvalue weighted by Crippen LogP contribution is 2.12. The van der Waals surface area contributed by atoms with Crippen molar-refractivity contribution < 1.29 is 4.74 Å². The maximum atomic E-state index is 5.22. The maximum Gasteiger partial charge on any atom is 0.119 e. The zero-order valence-electron chi connectivity index (χ0n) is 11.7. The average molecular weight is 258 g/mol. The Balaban J connectivity index is 1.81. The van der Waals surface area contributed by atoms with Crippen LogP contribution in [0.25, 0.3) is 0 Å². The van der Waals surface area contributed by atoms with Crippen molar-refractivity contribution >= 4 is 0 Å². The quantitative estimate of drug-likeness (QED) is 0.825. The molecule has 0 spiro atoms. The van der Waals surface area contributed by atoms with E-state index < -0.39 is 0 Å². The van der Waals surface area contributed by atoms with Gasteiger partial charge in [-0.15, -0.1) is 0 Å². The first-order chi connectivity index (χ1) is 9.31. The number of hydrogen-bond donors (Lipinski definition) is 1. The number of rotatable bonds is 7. The molecule has 1 aromatic carbocycles. The molecule has 0 saturated heterocycles. The molecule has 2 aromatic rings. The molecule has 0 fully saturated rings. The van der Waals surface area contributed by atoms with Crippen molar-refractivity contribution in [1.29, 1.82) is 0 Å². The standard InChI is InChI=1S/C16H22N2O/c1-3-8-18-9-7-15(13-18)12-17-11-14-5-4-6-16(10-14)19-2/h4-7,9-10,13,17H,3,8,11-12H2,1-2H3. The minimum absolute atomic E-state index is 0.857. The highest BCUT2D eigenvalue weighted by atomic mass is 16.5. The van der Waals surface area contributed by atoms with Gasteiger partial charge in [-0.3, -0.25) is 0 Å². The molecule has 2 rings (SSSR count). The zero-order valence-corrected chi connectivity index (χ0v) is 11.7. The summed E-state index contributed by atoms with van der Waals surface area (Å²) in [6.07, 6.45) is 5.53. The summed E-state index contributed by atoms with van der Waals surface area (Å²) in [6, 6.07) is 10.3. The Hall–Kier alpha value is -1.74. The molecule has 0 atom stereocenters. The van der Waals surface area contributed by atoms with E-state index in [9.17, 15) is 0 Å². The number of aromatic nitrogens is 1. The van der Waals surface area contributed by atoms with Gasteiger partial charge in [-0.1, -0.05) is 19.1 Å². The first kappa shape index (κ1) is 13.7. The van der Waals surface area contributed by atoms with Crippen molar-refractivity contribution in [1.82, 2.24) is 9.88 Å². The molecule has 0 aliphatic rings. The second-order valence-electron chi connectivity index (χ2n) is 4.71. The lowest BCUT2D eigenvalue weighted by Gasteiger charge is -2.06. The molecule has 19 heavy (non-hydrogen) atoms. The topological polar surface area (TPSA) is 26.2 Å². The highest BCUT2D eigenvalue weighted by molar-refractivity contribution is 5.28. The Morgan fingerprint density at radius 3 is 2.79 bits per heavy atom. The van der Waals surface area contributed by atoms with Gasteiger partial charge in [0.05, 0.1) is 7.11 Å². The predicted molar refractivity (Wildman–Crippen MR) is 78.3 cm³/mol. The molecule has 0 radical (unpaired) electrons. The Labute approximate surface area is 115 Å². The van der Waals surface area contributed by atoms with Gasteiger partial charge in [-0.05, 0) is 35.7 Å². The van der Waals surface area contributed by atoms with Gasteiger partial charge in [0.2, 0.25) is 0 Å². The molecule has 3 nitrogen and oxygen atoms in total. The fourth-order valence-electron chi connectivity index (χ4n) is 2.13. The molecule has 1 heterocycles. The average Bonchev–Trinajstić information content (AvgIpc) is 2.87. The molecule has 0 aliphatic carbocycles. The van der Waals surface area contributed by atoms with Crippen LogP contribution in [0.1, 0.15) is 24.5 Å². The van der Waals surface area contributed by atoms with Crippen LogP contribution in [0, 0.1) is 0 Å². The van der Waals surface area contributed by atoms with Crippen molar-refractivity contribution in [3.05, 3.63) is 53.9 Å². The molecular formula is C16H22N2O. The van der Waals surface area contributed by atoms with Crippen LogP contribution in [0.15, 0.2) is 42.7 Å². The van der Waals surface area contributed by atoms with Gasteiger partial charge in [0.15, 0.2) is 0 Å². The SMILES string of the molecule is CCCn1ccc(CNCc2cccc(OC)c2)c1. The maximum absolute atomic E-state index is 5.22. The molecular weight excluding hydrogens is 236 g/mol. The predicted octanol–water partition coefficient (Wildman–Crippen LogP) is 3.20. The summed E-state index contributed by atoms with van der Waals surface area (Å²) in [4.78, 5) is 0. The smallest absolute Gasteiger partial charge is 0.119 e. The second kappa shape index (κ2) is 7.00. The summed E-state index contributed by atoms with van der Waals surface area (Å²) >= 11 is 0. The van der Waals surface area contributed by atoms with E-state index in [-0.39, 0.29) is 0 Å². The van der Waals surface area contributed by atoms with Crippen LogP contribution in [-0.4, -0.2) is 11.7 Å². The number of benzene rings is 1. The number of nitrogens with zero attached hydrogens (tertiary/aromatic N) is 1. The van der Waals surface area contributed by atoms with Gasteiger partial charge in [0, 0.05) is 32.0 Å². The van der Waals surface area contributed by atoms with Gasteiger partial charge in [-0.2, -0.15) is 0 Å². The number of hydrogen-bond acceptors (Lipinski definition) is 2. The van der Waals surface area contributed by atoms with Crippen molar-refractivity contribution in [2.24, 2.45) is 0 Å². The minimum Gasteiger partial charge on any atom is -0.497 e. The first-order valence-electron chi connectivity index (χ1n) is 6.80. The fraction of sp³-hybridized carbons (Fsp3) is 0.375. The summed E-state index contributed by atoms with van der Waals surface area (Å²) in [5.41, 5.74) is 2.57. The second-order valence-corrected chi connectivity index (χ2v) is 4.71. The minimum atomic E-state index is 0.857. The van der Waals surface area contributed by atoms with Crippen LogP contribution in [-0.2, 0) is 19.6 Å². The van der Waals surface area contributed by atoms with E-state index in [4.69, 9.17) is 4.74 Å². The third kappa shape index (κ3) is 4.14. The number of ether oxygens (including phenoxy) is 1. The van der Waals surface area contributed by atoms with Crippen LogP contribution in [0.4, 0.5) is 0 Å². The molecule has 1 N–H and O–H groups in total. The Morgan fingerprint density at radius 1 is 1.16 bits per heavy atom. The number of nitrogens with one attached hydrogen (secondary N) is 1. The van der Waals surface area contributed by atoms with E-state index in [1.54, 1.807) is 7.11 Å². The van der Waals surface area contributed by atoms with Gasteiger partial charge < -0.3 is 14.6 Å². The number of aryl methyl sites for hydroxylation is 1. The molecule has 0 amide bonds.